The van der Waals surface area contributed by atoms with Crippen LogP contribution in [0.4, 0.5) is 5.82 Å². The van der Waals surface area contributed by atoms with E-state index in [0.29, 0.717) is 39.5 Å². The highest BCUT2D eigenvalue weighted by Crippen LogP contribution is 2.30. The minimum Gasteiger partial charge on any atom is -0.457 e. The summed E-state index contributed by atoms with van der Waals surface area (Å²) in [5, 5.41) is 7.19. The number of para-hydroxylation sites is 1. The highest BCUT2D eigenvalue weighted by Gasteiger charge is 2.24. The molecule has 8 nitrogen and oxygen atoms in total. The second-order valence-electron chi connectivity index (χ2n) is 8.81. The van der Waals surface area contributed by atoms with Gasteiger partial charge in [-0.2, -0.15) is 0 Å². The number of benzene rings is 2. The third-order valence-corrected chi connectivity index (χ3v) is 6.27. The minimum absolute atomic E-state index is 0.00707. The van der Waals surface area contributed by atoms with Gasteiger partial charge in [0.25, 0.3) is 0 Å². The molecule has 0 bridgehead atoms. The maximum Gasteiger partial charge on any atom is 0.217 e. The van der Waals surface area contributed by atoms with E-state index in [1.165, 1.54) is 6.33 Å². The molecule has 1 fully saturated rings. The van der Waals surface area contributed by atoms with Crippen molar-refractivity contribution in [2.45, 2.75) is 44.7 Å². The van der Waals surface area contributed by atoms with E-state index < -0.39 is 0 Å². The Morgan fingerprint density at radius 3 is 2.46 bits per heavy atom. The van der Waals surface area contributed by atoms with Gasteiger partial charge < -0.3 is 20.4 Å². The van der Waals surface area contributed by atoms with Crippen LogP contribution in [0, 0.1) is 0 Å². The standard InChI is InChI=1S/C27H27N5O3/c1-17(33)31-19-10-12-20(13-11-19)32-27-24-23(15-28-26(24)29-16-30-27)25(34)18-6-5-9-22(14-18)35-21-7-3-2-4-8-21/h2-9,14-16,19-20H,10-13H2,1H3,(H,31,33)(H2,28,29,30,32)/t19-,20+. The van der Waals surface area contributed by atoms with Crippen LogP contribution in [0.25, 0.3) is 11.0 Å². The first-order valence-electron chi connectivity index (χ1n) is 11.8. The molecule has 0 spiro atoms. The molecule has 0 atom stereocenters. The van der Waals surface area contributed by atoms with E-state index in [0.717, 1.165) is 25.7 Å². The second-order valence-corrected chi connectivity index (χ2v) is 8.81. The molecule has 8 heteroatoms. The predicted molar refractivity (Wildman–Crippen MR) is 134 cm³/mol. The molecular weight excluding hydrogens is 442 g/mol. The molecule has 1 amide bonds. The number of rotatable bonds is 7. The maximum absolute atomic E-state index is 13.5. The number of nitrogens with one attached hydrogen (secondary N) is 3. The first-order valence-corrected chi connectivity index (χ1v) is 11.8. The highest BCUT2D eigenvalue weighted by atomic mass is 16.5. The van der Waals surface area contributed by atoms with Crippen molar-refractivity contribution in [3.8, 4) is 11.5 Å². The number of aromatic amines is 1. The normalized spacial score (nSPS) is 17.6. The van der Waals surface area contributed by atoms with E-state index in [1.54, 1.807) is 25.3 Å². The third-order valence-electron chi connectivity index (χ3n) is 6.27. The lowest BCUT2D eigenvalue weighted by molar-refractivity contribution is -0.119. The van der Waals surface area contributed by atoms with Gasteiger partial charge in [0.05, 0.1) is 10.9 Å². The molecule has 1 saturated carbocycles. The number of ketones is 1. The zero-order valence-electron chi connectivity index (χ0n) is 19.5. The first-order chi connectivity index (χ1) is 17.1. The molecule has 1 aliphatic rings. The number of ether oxygens (including phenoxy) is 1. The van der Waals surface area contributed by atoms with Gasteiger partial charge in [-0.15, -0.1) is 0 Å². The number of carbonyl (C=O) groups excluding carboxylic acids is 2. The molecule has 4 aromatic rings. The number of carbonyl (C=O) groups is 2. The molecule has 0 radical (unpaired) electrons. The van der Waals surface area contributed by atoms with Crippen LogP contribution >= 0.6 is 0 Å². The minimum atomic E-state index is -0.137. The van der Waals surface area contributed by atoms with E-state index in [2.05, 4.69) is 25.6 Å². The fourth-order valence-electron chi connectivity index (χ4n) is 4.60. The molecule has 0 saturated heterocycles. The summed E-state index contributed by atoms with van der Waals surface area (Å²) >= 11 is 0. The van der Waals surface area contributed by atoms with Crippen molar-refractivity contribution in [3.05, 3.63) is 78.2 Å². The summed E-state index contributed by atoms with van der Waals surface area (Å²) in [6, 6.07) is 17.0. The van der Waals surface area contributed by atoms with Crippen LogP contribution in [0.1, 0.15) is 48.5 Å². The number of H-pyrrole nitrogens is 1. The van der Waals surface area contributed by atoms with E-state index in [1.807, 2.05) is 42.5 Å². The van der Waals surface area contributed by atoms with Crippen LogP contribution < -0.4 is 15.4 Å². The van der Waals surface area contributed by atoms with E-state index >= 15 is 0 Å². The van der Waals surface area contributed by atoms with Gasteiger partial charge in [-0.3, -0.25) is 9.59 Å². The van der Waals surface area contributed by atoms with Gasteiger partial charge in [-0.25, -0.2) is 9.97 Å². The predicted octanol–water partition coefficient (Wildman–Crippen LogP) is 4.84. The molecule has 0 aliphatic heterocycles. The Balaban J connectivity index is 1.36. The molecule has 2 heterocycles. The number of fused-ring (bicyclic) bond motifs is 1. The van der Waals surface area contributed by atoms with Gasteiger partial charge in [-0.05, 0) is 49.9 Å². The van der Waals surface area contributed by atoms with Gasteiger partial charge in [0.15, 0.2) is 5.78 Å². The van der Waals surface area contributed by atoms with Crippen molar-refractivity contribution in [1.82, 2.24) is 20.3 Å². The summed E-state index contributed by atoms with van der Waals surface area (Å²) in [4.78, 5) is 36.8. The van der Waals surface area contributed by atoms with Crippen molar-refractivity contribution in [3.63, 3.8) is 0 Å². The van der Waals surface area contributed by atoms with Gasteiger partial charge in [0.2, 0.25) is 5.91 Å². The topological polar surface area (TPSA) is 109 Å². The van der Waals surface area contributed by atoms with Crippen LogP contribution in [0.5, 0.6) is 11.5 Å². The van der Waals surface area contributed by atoms with Gasteiger partial charge >= 0.3 is 0 Å². The molecule has 2 aromatic carbocycles. The van der Waals surface area contributed by atoms with E-state index in [9.17, 15) is 9.59 Å². The highest BCUT2D eigenvalue weighted by molar-refractivity contribution is 6.18. The monoisotopic (exact) mass is 469 g/mol. The van der Waals surface area contributed by atoms with E-state index in [-0.39, 0.29) is 23.8 Å². The Bertz CT molecular complexity index is 1340. The molecule has 1 aliphatic carbocycles. The van der Waals surface area contributed by atoms with Gasteiger partial charge in [-0.1, -0.05) is 30.3 Å². The Morgan fingerprint density at radius 2 is 1.69 bits per heavy atom. The van der Waals surface area contributed by atoms with Crippen molar-refractivity contribution in [2.75, 3.05) is 5.32 Å². The maximum atomic E-state index is 13.5. The number of anilines is 1. The summed E-state index contributed by atoms with van der Waals surface area (Å²) in [7, 11) is 0. The first kappa shape index (κ1) is 22.6. The van der Waals surface area contributed by atoms with Crippen molar-refractivity contribution < 1.29 is 14.3 Å². The number of nitrogens with zero attached hydrogens (tertiary/aromatic N) is 2. The second kappa shape index (κ2) is 9.97. The van der Waals surface area contributed by atoms with Crippen molar-refractivity contribution in [2.24, 2.45) is 0 Å². The average molecular weight is 470 g/mol. The van der Waals surface area contributed by atoms with Crippen LogP contribution in [0.15, 0.2) is 67.1 Å². The van der Waals surface area contributed by atoms with Crippen LogP contribution in [0.2, 0.25) is 0 Å². The summed E-state index contributed by atoms with van der Waals surface area (Å²) in [6.45, 7) is 1.55. The van der Waals surface area contributed by atoms with Gasteiger partial charge in [0.1, 0.15) is 29.3 Å². The van der Waals surface area contributed by atoms with E-state index in [4.69, 9.17) is 4.74 Å². The molecule has 3 N–H and O–H groups in total. The van der Waals surface area contributed by atoms with Crippen molar-refractivity contribution >= 4 is 28.5 Å². The molecular formula is C27H27N5O3. The molecule has 2 aromatic heterocycles. The zero-order chi connectivity index (χ0) is 24.2. The largest absolute Gasteiger partial charge is 0.457 e. The SMILES string of the molecule is CC(=O)N[C@H]1CC[C@@H](Nc2ncnc3[nH]cc(C(=O)c4cccc(Oc5ccccc5)c4)c23)CC1. The molecule has 178 valence electrons. The number of aromatic nitrogens is 3. The Kier molecular flexibility index (Phi) is 6.43. The lowest BCUT2D eigenvalue weighted by atomic mass is 9.91. The van der Waals surface area contributed by atoms with Crippen LogP contribution in [0.3, 0.4) is 0 Å². The summed E-state index contributed by atoms with van der Waals surface area (Å²) in [5.74, 6) is 1.80. The quantitative estimate of drug-likeness (QED) is 0.334. The summed E-state index contributed by atoms with van der Waals surface area (Å²) in [5.41, 5.74) is 1.63. The molecule has 5 rings (SSSR count). The average Bonchev–Trinajstić information content (AvgIpc) is 3.30. The zero-order valence-corrected chi connectivity index (χ0v) is 19.5. The Labute approximate surface area is 203 Å². The summed E-state index contributed by atoms with van der Waals surface area (Å²) in [6.07, 6.45) is 6.79. The van der Waals surface area contributed by atoms with Gasteiger partial charge in [0, 0.05) is 30.8 Å². The molecule has 35 heavy (non-hydrogen) atoms. The number of hydrogen-bond acceptors (Lipinski definition) is 6. The Morgan fingerprint density at radius 1 is 0.943 bits per heavy atom. The fraction of sp³-hybridized carbons (Fsp3) is 0.259. The fourth-order valence-corrected chi connectivity index (χ4v) is 4.60. The molecule has 0 unspecified atom stereocenters. The Hall–Kier alpha value is -4.20. The number of hydrogen-bond donors (Lipinski definition) is 3. The van der Waals surface area contributed by atoms with Crippen LogP contribution in [-0.2, 0) is 4.79 Å². The van der Waals surface area contributed by atoms with Crippen molar-refractivity contribution in [1.29, 1.82) is 0 Å². The smallest absolute Gasteiger partial charge is 0.217 e. The summed E-state index contributed by atoms with van der Waals surface area (Å²) < 4.78 is 5.91. The lowest BCUT2D eigenvalue weighted by Gasteiger charge is -2.29. The lowest BCUT2D eigenvalue weighted by Crippen LogP contribution is -2.39. The number of amides is 1. The third kappa shape index (κ3) is 5.16. The van der Waals surface area contributed by atoms with Crippen LogP contribution in [-0.4, -0.2) is 38.7 Å².